The maximum atomic E-state index is 11.6. The van der Waals surface area contributed by atoms with Gasteiger partial charge < -0.3 is 15.5 Å². The fourth-order valence-electron chi connectivity index (χ4n) is 1.47. The lowest BCUT2D eigenvalue weighted by Gasteiger charge is -2.12. The van der Waals surface area contributed by atoms with E-state index in [2.05, 4.69) is 5.32 Å². The van der Waals surface area contributed by atoms with Gasteiger partial charge in [-0.3, -0.25) is 9.59 Å². The fourth-order valence-corrected chi connectivity index (χ4v) is 2.31. The van der Waals surface area contributed by atoms with Gasteiger partial charge in [0.05, 0.1) is 12.2 Å². The Balaban J connectivity index is 2.52. The summed E-state index contributed by atoms with van der Waals surface area (Å²) >= 11 is 1.28. The quantitative estimate of drug-likeness (QED) is 0.652. The molecule has 0 radical (unpaired) electrons. The van der Waals surface area contributed by atoms with Crippen molar-refractivity contribution in [3.05, 3.63) is 29.8 Å². The van der Waals surface area contributed by atoms with Gasteiger partial charge in [-0.05, 0) is 18.6 Å². The lowest BCUT2D eigenvalue weighted by molar-refractivity contribution is -0.147. The van der Waals surface area contributed by atoms with Gasteiger partial charge in [-0.15, -0.1) is 11.8 Å². The highest BCUT2D eigenvalue weighted by Crippen LogP contribution is 2.21. The summed E-state index contributed by atoms with van der Waals surface area (Å²) in [5.41, 5.74) is 1.02. The molecule has 0 fully saturated rings. The number of aryl methyl sites for hydroxylation is 1. The van der Waals surface area contributed by atoms with Crippen LogP contribution >= 0.6 is 11.8 Å². The largest absolute Gasteiger partial charge is 0.481 e. The van der Waals surface area contributed by atoms with Crippen molar-refractivity contribution in [1.82, 2.24) is 5.32 Å². The molecule has 108 valence electrons. The zero-order chi connectivity index (χ0) is 15.1. The topological polar surface area (TPSA) is 104 Å². The number of carboxylic acid groups (broad SMARTS) is 2. The number of aliphatic carboxylic acids is 2. The van der Waals surface area contributed by atoms with Crippen LogP contribution in [0.1, 0.15) is 12.0 Å². The second kappa shape index (κ2) is 7.54. The van der Waals surface area contributed by atoms with Crippen LogP contribution in [0.4, 0.5) is 0 Å². The van der Waals surface area contributed by atoms with Crippen molar-refractivity contribution in [3.63, 3.8) is 0 Å². The van der Waals surface area contributed by atoms with E-state index in [0.717, 1.165) is 10.5 Å². The Hall–Kier alpha value is -2.02. The molecule has 0 unspecified atom stereocenters. The molecule has 1 amide bonds. The van der Waals surface area contributed by atoms with Crippen LogP contribution in [0, 0.1) is 6.92 Å². The summed E-state index contributed by atoms with van der Waals surface area (Å²) in [4.78, 5) is 33.9. The molecule has 3 N–H and O–H groups in total. The molecule has 1 rings (SSSR count). The number of benzene rings is 1. The maximum absolute atomic E-state index is 11.6. The molecule has 1 atom stereocenters. The van der Waals surface area contributed by atoms with Crippen LogP contribution in [-0.2, 0) is 14.4 Å². The summed E-state index contributed by atoms with van der Waals surface area (Å²) in [6.45, 7) is 1.91. The molecular weight excluding hydrogens is 282 g/mol. The van der Waals surface area contributed by atoms with E-state index in [1.54, 1.807) is 0 Å². The number of carbonyl (C=O) groups excluding carboxylic acids is 1. The molecule has 20 heavy (non-hydrogen) atoms. The summed E-state index contributed by atoms with van der Waals surface area (Å²) in [6, 6.07) is 6.09. The Labute approximate surface area is 120 Å². The number of nitrogens with one attached hydrogen (secondary N) is 1. The van der Waals surface area contributed by atoms with Crippen molar-refractivity contribution in [2.45, 2.75) is 24.3 Å². The normalized spacial score (nSPS) is 11.7. The van der Waals surface area contributed by atoms with Crippen molar-refractivity contribution in [2.75, 3.05) is 5.75 Å². The molecule has 0 aliphatic rings. The highest BCUT2D eigenvalue weighted by Gasteiger charge is 2.22. The Morgan fingerprint density at radius 1 is 1.25 bits per heavy atom. The van der Waals surface area contributed by atoms with Gasteiger partial charge in [-0.25, -0.2) is 4.79 Å². The smallest absolute Gasteiger partial charge is 0.326 e. The molecule has 0 heterocycles. The Morgan fingerprint density at radius 2 is 1.90 bits per heavy atom. The third-order valence-corrected chi connectivity index (χ3v) is 3.64. The van der Waals surface area contributed by atoms with E-state index in [0.29, 0.717) is 0 Å². The predicted octanol–water partition coefficient (Wildman–Crippen LogP) is 1.13. The van der Waals surface area contributed by atoms with E-state index in [-0.39, 0.29) is 5.75 Å². The minimum Gasteiger partial charge on any atom is -0.481 e. The summed E-state index contributed by atoms with van der Waals surface area (Å²) in [6.07, 6.45) is -0.643. The molecule has 1 aromatic carbocycles. The summed E-state index contributed by atoms with van der Waals surface area (Å²) in [7, 11) is 0. The van der Waals surface area contributed by atoms with E-state index in [1.807, 2.05) is 31.2 Å². The van der Waals surface area contributed by atoms with Crippen LogP contribution in [0.3, 0.4) is 0 Å². The second-order valence-corrected chi connectivity index (χ2v) is 5.13. The van der Waals surface area contributed by atoms with Crippen LogP contribution in [-0.4, -0.2) is 39.9 Å². The predicted molar refractivity (Wildman–Crippen MR) is 73.7 cm³/mol. The van der Waals surface area contributed by atoms with Gasteiger partial charge in [-0.1, -0.05) is 18.2 Å². The highest BCUT2D eigenvalue weighted by molar-refractivity contribution is 8.00. The standard InChI is InChI=1S/C13H15NO5S/c1-8-4-2-3-5-10(8)20-7-11(15)14-9(13(18)19)6-12(16)17/h2-5,9H,6-7H2,1H3,(H,14,15)(H,16,17)(H,18,19)/t9-/m1/s1. The number of thioether (sulfide) groups is 1. The molecule has 0 saturated carbocycles. The number of hydrogen-bond donors (Lipinski definition) is 3. The lowest BCUT2D eigenvalue weighted by Crippen LogP contribution is -2.43. The van der Waals surface area contributed by atoms with Gasteiger partial charge in [-0.2, -0.15) is 0 Å². The van der Waals surface area contributed by atoms with Gasteiger partial charge >= 0.3 is 11.9 Å². The molecular formula is C13H15NO5S. The van der Waals surface area contributed by atoms with E-state index in [4.69, 9.17) is 10.2 Å². The molecule has 1 aromatic rings. The Kier molecular flexibility index (Phi) is 6.05. The average Bonchev–Trinajstić information content (AvgIpc) is 2.36. The molecule has 0 aliphatic heterocycles. The third-order valence-electron chi connectivity index (χ3n) is 2.46. The highest BCUT2D eigenvalue weighted by atomic mass is 32.2. The minimum atomic E-state index is -1.41. The summed E-state index contributed by atoms with van der Waals surface area (Å²) in [5, 5.41) is 19.6. The average molecular weight is 297 g/mol. The zero-order valence-corrected chi connectivity index (χ0v) is 11.6. The molecule has 7 heteroatoms. The first kappa shape index (κ1) is 16.0. The van der Waals surface area contributed by atoms with E-state index in [9.17, 15) is 14.4 Å². The van der Waals surface area contributed by atoms with E-state index >= 15 is 0 Å². The van der Waals surface area contributed by atoms with Gasteiger partial charge in [0, 0.05) is 4.90 Å². The van der Waals surface area contributed by atoms with Crippen molar-refractivity contribution in [3.8, 4) is 0 Å². The summed E-state index contributed by atoms with van der Waals surface area (Å²) < 4.78 is 0. The first-order chi connectivity index (χ1) is 9.40. The van der Waals surface area contributed by atoms with E-state index in [1.165, 1.54) is 11.8 Å². The van der Waals surface area contributed by atoms with Gasteiger partial charge in [0.1, 0.15) is 6.04 Å². The fraction of sp³-hybridized carbons (Fsp3) is 0.308. The van der Waals surface area contributed by atoms with Crippen LogP contribution in [0.25, 0.3) is 0 Å². The van der Waals surface area contributed by atoms with Crippen molar-refractivity contribution >= 4 is 29.6 Å². The first-order valence-electron chi connectivity index (χ1n) is 5.82. The zero-order valence-electron chi connectivity index (χ0n) is 10.8. The first-order valence-corrected chi connectivity index (χ1v) is 6.81. The molecule has 0 spiro atoms. The Morgan fingerprint density at radius 3 is 2.45 bits per heavy atom. The molecule has 0 aliphatic carbocycles. The second-order valence-electron chi connectivity index (χ2n) is 4.11. The third kappa shape index (κ3) is 5.31. The van der Waals surface area contributed by atoms with Gasteiger partial charge in [0.2, 0.25) is 5.91 Å². The number of hydrogen-bond acceptors (Lipinski definition) is 4. The number of carboxylic acids is 2. The van der Waals surface area contributed by atoms with Crippen molar-refractivity contribution in [1.29, 1.82) is 0 Å². The molecule has 0 saturated heterocycles. The minimum absolute atomic E-state index is 0.0360. The molecule has 0 aromatic heterocycles. The van der Waals surface area contributed by atoms with Crippen LogP contribution in [0.5, 0.6) is 0 Å². The number of amides is 1. The maximum Gasteiger partial charge on any atom is 0.326 e. The van der Waals surface area contributed by atoms with Gasteiger partial charge in [0.25, 0.3) is 0 Å². The van der Waals surface area contributed by atoms with Crippen LogP contribution in [0.15, 0.2) is 29.2 Å². The van der Waals surface area contributed by atoms with Crippen LogP contribution in [0.2, 0.25) is 0 Å². The summed E-state index contributed by atoms with van der Waals surface area (Å²) in [5.74, 6) is -3.10. The molecule has 0 bridgehead atoms. The monoisotopic (exact) mass is 297 g/mol. The van der Waals surface area contributed by atoms with Gasteiger partial charge in [0.15, 0.2) is 0 Å². The number of carbonyl (C=O) groups is 3. The number of rotatable bonds is 7. The van der Waals surface area contributed by atoms with Crippen LogP contribution < -0.4 is 5.32 Å². The lowest BCUT2D eigenvalue weighted by atomic mass is 10.2. The Bertz CT molecular complexity index is 517. The van der Waals surface area contributed by atoms with Crippen molar-refractivity contribution in [2.24, 2.45) is 0 Å². The molecule has 6 nitrogen and oxygen atoms in total. The SMILES string of the molecule is Cc1ccccc1SCC(=O)N[C@H](CC(=O)O)C(=O)O. The van der Waals surface area contributed by atoms with E-state index < -0.39 is 30.3 Å². The van der Waals surface area contributed by atoms with Crippen molar-refractivity contribution < 1.29 is 24.6 Å².